The van der Waals surface area contributed by atoms with E-state index in [1.54, 1.807) is 0 Å². The second kappa shape index (κ2) is 3.07. The molecule has 0 N–H and O–H groups in total. The zero-order valence-electron chi connectivity index (χ0n) is 8.19. The van der Waals surface area contributed by atoms with E-state index in [1.165, 1.54) is 5.56 Å². The maximum absolute atomic E-state index is 2.48. The lowest BCUT2D eigenvalue weighted by atomic mass is 9.93. The van der Waals surface area contributed by atoms with Crippen LogP contribution in [0.5, 0.6) is 0 Å². The average molecular weight is 214 g/mol. The molecule has 14 heavy (non-hydrogen) atoms. The molecule has 70 valence electrons. The lowest BCUT2D eigenvalue weighted by molar-refractivity contribution is 0.917. The molecule has 1 aromatic carbocycles. The smallest absolute Gasteiger partial charge is 0.0316 e. The summed E-state index contributed by atoms with van der Waals surface area (Å²) in [7, 11) is 0.369. The van der Waals surface area contributed by atoms with Crippen molar-refractivity contribution in [2.24, 2.45) is 0 Å². The highest BCUT2D eigenvalue weighted by molar-refractivity contribution is 7.04. The van der Waals surface area contributed by atoms with Crippen LogP contribution in [0.1, 0.15) is 5.56 Å². The number of allylic oxidation sites excluding steroid dienone is 4. The quantitative estimate of drug-likeness (QED) is 0.484. The summed E-state index contributed by atoms with van der Waals surface area (Å²) in [6.45, 7) is 0. The van der Waals surface area contributed by atoms with Crippen LogP contribution in [-0.4, -0.2) is 18.1 Å². The van der Waals surface area contributed by atoms with Crippen molar-refractivity contribution in [2.75, 3.05) is 0 Å². The summed E-state index contributed by atoms with van der Waals surface area (Å²) < 4.78 is 0. The van der Waals surface area contributed by atoms with Gasteiger partial charge in [-0.3, -0.25) is 0 Å². The molecule has 0 radical (unpaired) electrons. The number of rotatable bonds is 1. The van der Waals surface area contributed by atoms with E-state index in [-0.39, 0.29) is 18.1 Å². The Morgan fingerprint density at radius 2 is 1.71 bits per heavy atom. The summed E-state index contributed by atoms with van der Waals surface area (Å²) in [6.07, 6.45) is 9.87. The van der Waals surface area contributed by atoms with Crippen LogP contribution in [0.3, 0.4) is 0 Å². The number of hydrogen-bond acceptors (Lipinski definition) is 0. The van der Waals surface area contributed by atoms with Crippen molar-refractivity contribution in [3.8, 4) is 0 Å². The van der Waals surface area contributed by atoms with Crippen LogP contribution in [0.2, 0.25) is 5.54 Å². The van der Waals surface area contributed by atoms with Gasteiger partial charge in [0.05, 0.1) is 0 Å². The number of benzene rings is 1. The molecule has 2 bridgehead atoms. The van der Waals surface area contributed by atoms with Crippen LogP contribution in [0.25, 0.3) is 0 Å². The molecule has 0 nitrogen and oxygen atoms in total. The minimum Gasteiger partial charge on any atom is -0.0844 e. The summed E-state index contributed by atoms with van der Waals surface area (Å²) >= 11 is 0. The van der Waals surface area contributed by atoms with Crippen molar-refractivity contribution < 1.29 is 0 Å². The van der Waals surface area contributed by atoms with Crippen molar-refractivity contribution in [3.63, 3.8) is 0 Å². The number of fused-ring (bicyclic) bond motifs is 1. The second-order valence-corrected chi connectivity index (χ2v) is 10.7. The highest BCUT2D eigenvalue weighted by atomic mass is 29.1. The van der Waals surface area contributed by atoms with Gasteiger partial charge >= 0.3 is 0 Å². The van der Waals surface area contributed by atoms with Gasteiger partial charge in [0.15, 0.2) is 0 Å². The first-order valence-electron chi connectivity index (χ1n) is 5.33. The molecule has 3 aliphatic rings. The fraction of sp³-hybridized carbons (Fsp3) is 0.167. The SMILES string of the molecule is C1=CC2(c3ccccc3)C=CC1[SiH2][SiH2]2. The molecule has 0 atom stereocenters. The van der Waals surface area contributed by atoms with Gasteiger partial charge in [0.25, 0.3) is 0 Å². The predicted octanol–water partition coefficient (Wildman–Crippen LogP) is 1.06. The fourth-order valence-corrected chi connectivity index (χ4v) is 10.6. The Labute approximate surface area is 89.2 Å². The lowest BCUT2D eigenvalue weighted by Crippen LogP contribution is -2.40. The maximum atomic E-state index is 2.48. The Morgan fingerprint density at radius 3 is 2.29 bits per heavy atom. The second-order valence-electron chi connectivity index (χ2n) is 4.33. The van der Waals surface area contributed by atoms with E-state index >= 15 is 0 Å². The summed E-state index contributed by atoms with van der Waals surface area (Å²) in [5.41, 5.74) is 2.44. The van der Waals surface area contributed by atoms with Crippen molar-refractivity contribution in [2.45, 2.75) is 10.6 Å². The van der Waals surface area contributed by atoms with Crippen LogP contribution >= 0.6 is 0 Å². The Kier molecular flexibility index (Phi) is 1.85. The van der Waals surface area contributed by atoms with Crippen molar-refractivity contribution >= 4 is 18.1 Å². The third kappa shape index (κ3) is 1.18. The highest BCUT2D eigenvalue weighted by Crippen LogP contribution is 2.36. The molecule has 2 heteroatoms. The van der Waals surface area contributed by atoms with E-state index in [9.17, 15) is 0 Å². The molecule has 0 saturated heterocycles. The molecule has 0 saturated carbocycles. The first-order chi connectivity index (χ1) is 6.89. The molecule has 0 unspecified atom stereocenters. The molecule has 0 amide bonds. The molecule has 1 aliphatic carbocycles. The van der Waals surface area contributed by atoms with E-state index in [0.717, 1.165) is 5.54 Å². The molecule has 4 rings (SSSR count). The van der Waals surface area contributed by atoms with E-state index < -0.39 is 0 Å². The fourth-order valence-electron chi connectivity index (χ4n) is 2.56. The molecule has 2 aliphatic heterocycles. The van der Waals surface area contributed by atoms with E-state index in [1.807, 2.05) is 0 Å². The van der Waals surface area contributed by atoms with Gasteiger partial charge in [-0.05, 0) is 11.1 Å². The van der Waals surface area contributed by atoms with E-state index in [4.69, 9.17) is 0 Å². The largest absolute Gasteiger partial charge is 0.0844 e. The molecule has 2 heterocycles. The lowest BCUT2D eigenvalue weighted by Gasteiger charge is -2.37. The van der Waals surface area contributed by atoms with Crippen LogP contribution < -0.4 is 0 Å². The molecule has 0 spiro atoms. The van der Waals surface area contributed by atoms with Crippen LogP contribution in [0.15, 0.2) is 54.6 Å². The van der Waals surface area contributed by atoms with Crippen LogP contribution in [0.4, 0.5) is 0 Å². The van der Waals surface area contributed by atoms with Gasteiger partial charge in [-0.25, -0.2) is 0 Å². The molecular weight excluding hydrogens is 200 g/mol. The van der Waals surface area contributed by atoms with Crippen molar-refractivity contribution in [3.05, 3.63) is 60.2 Å². The van der Waals surface area contributed by atoms with E-state index in [2.05, 4.69) is 54.6 Å². The monoisotopic (exact) mass is 214 g/mol. The van der Waals surface area contributed by atoms with Crippen molar-refractivity contribution in [1.82, 2.24) is 0 Å². The zero-order valence-corrected chi connectivity index (χ0v) is 11.0. The van der Waals surface area contributed by atoms with Gasteiger partial charge in [-0.15, -0.1) is 0 Å². The van der Waals surface area contributed by atoms with Crippen LogP contribution in [0, 0.1) is 0 Å². The molecule has 0 fully saturated rings. The first kappa shape index (κ1) is 8.44. The Hall–Kier alpha value is -0.866. The average Bonchev–Trinajstić information content (AvgIpc) is 2.33. The number of hydrogen-bond donors (Lipinski definition) is 0. The molecule has 1 aromatic rings. The van der Waals surface area contributed by atoms with Crippen molar-refractivity contribution in [1.29, 1.82) is 0 Å². The normalized spacial score (nSPS) is 37.0. The summed E-state index contributed by atoms with van der Waals surface area (Å²) in [4.78, 5) is 0. The summed E-state index contributed by atoms with van der Waals surface area (Å²) in [5, 5.41) is 0.419. The minimum atomic E-state index is 0.132. The summed E-state index contributed by atoms with van der Waals surface area (Å²) in [6, 6.07) is 11.0. The van der Waals surface area contributed by atoms with Gasteiger partial charge in [-0.2, -0.15) is 0 Å². The van der Waals surface area contributed by atoms with Crippen LogP contribution in [-0.2, 0) is 5.04 Å². The standard InChI is InChI=1S/C12H14Si2/c1-2-4-10(5-3-1)12-8-6-11(7-9-12)13-14-12/h1-9,11H,13-14H2. The van der Waals surface area contributed by atoms with Gasteiger partial charge in [0.2, 0.25) is 0 Å². The van der Waals surface area contributed by atoms with Gasteiger partial charge < -0.3 is 0 Å². The Bertz CT molecular complexity index is 378. The topological polar surface area (TPSA) is 0 Å². The maximum Gasteiger partial charge on any atom is 0.0316 e. The summed E-state index contributed by atoms with van der Waals surface area (Å²) in [5.74, 6) is 0. The third-order valence-electron chi connectivity index (χ3n) is 3.48. The van der Waals surface area contributed by atoms with Gasteiger partial charge in [0, 0.05) is 23.1 Å². The zero-order chi connectivity index (χ0) is 9.43. The van der Waals surface area contributed by atoms with E-state index in [0.29, 0.717) is 5.04 Å². The predicted molar refractivity (Wildman–Crippen MR) is 67.2 cm³/mol. The molecule has 0 aromatic heterocycles. The van der Waals surface area contributed by atoms with Gasteiger partial charge in [0.1, 0.15) is 0 Å². The first-order valence-corrected chi connectivity index (χ1v) is 10.9. The Balaban J connectivity index is 2.09. The molecular formula is C12H14Si2. The highest BCUT2D eigenvalue weighted by Gasteiger charge is 2.33. The minimum absolute atomic E-state index is 0.132. The Morgan fingerprint density at radius 1 is 1.00 bits per heavy atom. The third-order valence-corrected chi connectivity index (χ3v) is 12.0. The van der Waals surface area contributed by atoms with Gasteiger partial charge in [-0.1, -0.05) is 54.6 Å².